The summed E-state index contributed by atoms with van der Waals surface area (Å²) in [5.41, 5.74) is 5.35. The normalized spacial score (nSPS) is 13.3. The first kappa shape index (κ1) is 23.1. The zero-order valence-electron chi connectivity index (χ0n) is 16.8. The maximum absolute atomic E-state index is 13.6. The number of nitrogens with one attached hydrogen (secondary N) is 1. The Morgan fingerprint density at radius 2 is 2.00 bits per heavy atom. The van der Waals surface area contributed by atoms with Gasteiger partial charge in [-0.1, -0.05) is 5.57 Å². The molecule has 0 aliphatic rings. The van der Waals surface area contributed by atoms with Crippen molar-refractivity contribution in [3.8, 4) is 17.0 Å². The van der Waals surface area contributed by atoms with Crippen LogP contribution in [0.1, 0.15) is 25.8 Å². The summed E-state index contributed by atoms with van der Waals surface area (Å²) < 4.78 is 50.7. The van der Waals surface area contributed by atoms with Gasteiger partial charge in [-0.25, -0.2) is 9.78 Å². The number of alkyl halides is 3. The molecule has 7 nitrogen and oxygen atoms in total. The lowest BCUT2D eigenvalue weighted by Crippen LogP contribution is -2.42. The molecule has 0 aliphatic heterocycles. The molecule has 0 bridgehead atoms. The van der Waals surface area contributed by atoms with Gasteiger partial charge in [-0.05, 0) is 38.5 Å². The van der Waals surface area contributed by atoms with Crippen molar-refractivity contribution in [2.75, 3.05) is 19.0 Å². The second-order valence-electron chi connectivity index (χ2n) is 7.19. The number of nitrogens with zero attached hydrogens (tertiary/aromatic N) is 2. The number of pyridine rings is 2. The molecule has 2 aromatic heterocycles. The summed E-state index contributed by atoms with van der Waals surface area (Å²) in [6.45, 7) is 7.06. The van der Waals surface area contributed by atoms with Crippen molar-refractivity contribution in [2.45, 2.75) is 32.0 Å². The molecule has 2 rings (SSSR count). The number of amides is 1. The zero-order valence-corrected chi connectivity index (χ0v) is 16.8. The third kappa shape index (κ3) is 6.45. The van der Waals surface area contributed by atoms with Gasteiger partial charge in [-0.2, -0.15) is 13.2 Å². The summed E-state index contributed by atoms with van der Waals surface area (Å²) in [5, 5.41) is 2.34. The van der Waals surface area contributed by atoms with Crippen molar-refractivity contribution in [1.29, 1.82) is 0 Å². The Labute approximate surface area is 172 Å². The fourth-order valence-electron chi connectivity index (χ4n) is 2.73. The van der Waals surface area contributed by atoms with Crippen molar-refractivity contribution in [3.05, 3.63) is 48.3 Å². The Morgan fingerprint density at radius 1 is 1.30 bits per heavy atom. The minimum atomic E-state index is -4.67. The number of rotatable bonds is 7. The molecule has 1 amide bonds. The number of hydrogen-bond acceptors (Lipinski definition) is 6. The highest BCUT2D eigenvalue weighted by molar-refractivity contribution is 5.84. The van der Waals surface area contributed by atoms with Crippen LogP contribution in [0.25, 0.3) is 11.3 Å². The van der Waals surface area contributed by atoms with Crippen LogP contribution in [-0.4, -0.2) is 35.3 Å². The first-order valence-corrected chi connectivity index (χ1v) is 8.86. The molecule has 3 N–H and O–H groups in total. The van der Waals surface area contributed by atoms with Crippen LogP contribution < -0.4 is 15.8 Å². The van der Waals surface area contributed by atoms with Gasteiger partial charge in [-0.15, -0.1) is 6.58 Å². The van der Waals surface area contributed by atoms with Crippen molar-refractivity contribution >= 4 is 11.9 Å². The Morgan fingerprint density at radius 3 is 2.60 bits per heavy atom. The average Bonchev–Trinajstić information content (AvgIpc) is 2.64. The molecular weight excluding hydrogens is 401 g/mol. The van der Waals surface area contributed by atoms with Crippen LogP contribution in [0.3, 0.4) is 0 Å². The van der Waals surface area contributed by atoms with Crippen LogP contribution in [0.2, 0.25) is 0 Å². The standard InChI is InChI=1S/C20H23F3N4O3/c1-12(2)9-19(3,24)11-30-16-10-26-15(8-14(16)20(21,22)23)13-5-6-25-17(7-13)27-18(28)29-4/h5-8,10H,1,9,11,24H2,2-4H3,(H,25,27,28). The van der Waals surface area contributed by atoms with Gasteiger partial charge in [0.05, 0.1) is 24.5 Å². The van der Waals surface area contributed by atoms with Crippen LogP contribution in [0.4, 0.5) is 23.8 Å². The molecule has 30 heavy (non-hydrogen) atoms. The minimum absolute atomic E-state index is 0.0300. The summed E-state index contributed by atoms with van der Waals surface area (Å²) >= 11 is 0. The molecule has 0 saturated heterocycles. The Balaban J connectivity index is 2.34. The topological polar surface area (TPSA) is 99.4 Å². The van der Waals surface area contributed by atoms with E-state index < -0.39 is 29.1 Å². The summed E-state index contributed by atoms with van der Waals surface area (Å²) in [5.74, 6) is -0.319. The van der Waals surface area contributed by atoms with E-state index in [4.69, 9.17) is 10.5 Å². The second-order valence-corrected chi connectivity index (χ2v) is 7.19. The van der Waals surface area contributed by atoms with E-state index in [0.717, 1.165) is 17.8 Å². The second kappa shape index (κ2) is 9.12. The molecular formula is C20H23F3N4O3. The lowest BCUT2D eigenvalue weighted by molar-refractivity contribution is -0.139. The molecule has 0 radical (unpaired) electrons. The van der Waals surface area contributed by atoms with Gasteiger partial charge in [0.25, 0.3) is 0 Å². The molecule has 162 valence electrons. The van der Waals surface area contributed by atoms with E-state index in [1.807, 2.05) is 0 Å². The van der Waals surface area contributed by atoms with Crippen molar-refractivity contribution < 1.29 is 27.4 Å². The van der Waals surface area contributed by atoms with Crippen LogP contribution in [0.15, 0.2) is 42.7 Å². The van der Waals surface area contributed by atoms with E-state index in [-0.39, 0.29) is 18.1 Å². The maximum Gasteiger partial charge on any atom is 0.420 e. The summed E-state index contributed by atoms with van der Waals surface area (Å²) in [7, 11) is 1.18. The van der Waals surface area contributed by atoms with E-state index in [1.54, 1.807) is 13.8 Å². The van der Waals surface area contributed by atoms with Gasteiger partial charge in [0, 0.05) is 11.8 Å². The van der Waals surface area contributed by atoms with E-state index in [9.17, 15) is 18.0 Å². The lowest BCUT2D eigenvalue weighted by atomic mass is 9.96. The smallest absolute Gasteiger partial charge is 0.420 e. The fraction of sp³-hybridized carbons (Fsp3) is 0.350. The number of carbonyl (C=O) groups is 1. The molecule has 0 saturated carbocycles. The van der Waals surface area contributed by atoms with Gasteiger partial charge in [0.1, 0.15) is 23.7 Å². The highest BCUT2D eigenvalue weighted by Gasteiger charge is 2.36. The van der Waals surface area contributed by atoms with Crippen molar-refractivity contribution in [3.63, 3.8) is 0 Å². The largest absolute Gasteiger partial charge is 0.489 e. The van der Waals surface area contributed by atoms with Gasteiger partial charge in [0.2, 0.25) is 0 Å². The monoisotopic (exact) mass is 424 g/mol. The molecule has 0 spiro atoms. The quantitative estimate of drug-likeness (QED) is 0.639. The summed E-state index contributed by atoms with van der Waals surface area (Å²) in [4.78, 5) is 19.3. The van der Waals surface area contributed by atoms with E-state index in [1.165, 1.54) is 25.4 Å². The van der Waals surface area contributed by atoms with Crippen LogP contribution in [0, 0.1) is 0 Å². The first-order chi connectivity index (χ1) is 13.9. The fourth-order valence-corrected chi connectivity index (χ4v) is 2.73. The van der Waals surface area contributed by atoms with Crippen LogP contribution in [-0.2, 0) is 10.9 Å². The van der Waals surface area contributed by atoms with E-state index in [2.05, 4.69) is 26.6 Å². The third-order valence-electron chi connectivity index (χ3n) is 3.91. The molecule has 1 unspecified atom stereocenters. The Bertz CT molecular complexity index is 930. The number of aromatic nitrogens is 2. The van der Waals surface area contributed by atoms with Gasteiger partial charge < -0.3 is 15.2 Å². The number of methoxy groups -OCH3 is 1. The zero-order chi connectivity index (χ0) is 22.5. The van der Waals surface area contributed by atoms with E-state index >= 15 is 0 Å². The molecule has 0 fully saturated rings. The van der Waals surface area contributed by atoms with Crippen molar-refractivity contribution in [1.82, 2.24) is 9.97 Å². The first-order valence-electron chi connectivity index (χ1n) is 8.86. The lowest BCUT2D eigenvalue weighted by Gasteiger charge is -2.26. The Hall–Kier alpha value is -3.14. The van der Waals surface area contributed by atoms with Gasteiger partial charge >= 0.3 is 12.3 Å². The highest BCUT2D eigenvalue weighted by Crippen LogP contribution is 2.38. The third-order valence-corrected chi connectivity index (χ3v) is 3.91. The van der Waals surface area contributed by atoms with E-state index in [0.29, 0.717) is 12.0 Å². The summed E-state index contributed by atoms with van der Waals surface area (Å²) in [6.07, 6.45) is -2.70. The molecule has 2 aromatic rings. The molecule has 2 heterocycles. The van der Waals surface area contributed by atoms with Gasteiger partial charge in [-0.3, -0.25) is 10.3 Å². The molecule has 10 heteroatoms. The summed E-state index contributed by atoms with van der Waals surface area (Å²) in [6, 6.07) is 3.72. The molecule has 0 aromatic carbocycles. The highest BCUT2D eigenvalue weighted by atomic mass is 19.4. The SMILES string of the molecule is C=C(C)CC(C)(N)COc1cnc(-c2ccnc(NC(=O)OC)c2)cc1C(F)(F)F. The number of halogens is 3. The molecule has 0 aliphatic carbocycles. The van der Waals surface area contributed by atoms with Crippen molar-refractivity contribution in [2.24, 2.45) is 5.73 Å². The minimum Gasteiger partial charge on any atom is -0.489 e. The number of nitrogens with two attached hydrogens (primary N) is 1. The number of carbonyl (C=O) groups excluding carboxylic acids is 1. The van der Waals surface area contributed by atoms with Crippen LogP contribution >= 0.6 is 0 Å². The molecule has 1 atom stereocenters. The average molecular weight is 424 g/mol. The number of anilines is 1. The Kier molecular flexibility index (Phi) is 7.04. The number of hydrogen-bond donors (Lipinski definition) is 2. The predicted octanol–water partition coefficient (Wildman–Crippen LogP) is 4.40. The van der Waals surface area contributed by atoms with Gasteiger partial charge in [0.15, 0.2) is 0 Å². The van der Waals surface area contributed by atoms with Crippen LogP contribution in [0.5, 0.6) is 5.75 Å². The maximum atomic E-state index is 13.6. The predicted molar refractivity (Wildman–Crippen MR) is 106 cm³/mol. The number of ether oxygens (including phenoxy) is 2.